The summed E-state index contributed by atoms with van der Waals surface area (Å²) >= 11 is 0. The molecule has 1 fully saturated rings. The largest absolute Gasteiger partial charge is 0.386 e. The third-order valence-corrected chi connectivity index (χ3v) is 15.9. The van der Waals surface area contributed by atoms with Crippen LogP contribution in [0.1, 0.15) is 130 Å². The molecule has 92 heavy (non-hydrogen) atoms. The molecular formula is C63H102N18O11. The predicted molar refractivity (Wildman–Crippen MR) is 349 cm³/mol. The first-order valence-electron chi connectivity index (χ1n) is 31.8. The molecule has 23 N–H and O–H groups in total. The van der Waals surface area contributed by atoms with E-state index < -0.39 is 143 Å². The molecule has 1 aliphatic rings. The van der Waals surface area contributed by atoms with Crippen LogP contribution in [0.3, 0.4) is 0 Å². The van der Waals surface area contributed by atoms with Crippen molar-refractivity contribution in [2.75, 3.05) is 26.2 Å². The van der Waals surface area contributed by atoms with Gasteiger partial charge < -0.3 is 92.9 Å². The van der Waals surface area contributed by atoms with Gasteiger partial charge in [0.2, 0.25) is 65.0 Å². The Labute approximate surface area is 539 Å². The van der Waals surface area contributed by atoms with Crippen LogP contribution in [0.2, 0.25) is 0 Å². The van der Waals surface area contributed by atoms with Crippen LogP contribution in [0.4, 0.5) is 0 Å². The summed E-state index contributed by atoms with van der Waals surface area (Å²) in [6.45, 7) is 14.4. The zero-order valence-corrected chi connectivity index (χ0v) is 54.1. The van der Waals surface area contributed by atoms with Gasteiger partial charge in [0.05, 0.1) is 11.9 Å². The lowest BCUT2D eigenvalue weighted by atomic mass is 9.94. The molecule has 0 bridgehead atoms. The maximum Gasteiger partial charge on any atom is 0.243 e. The normalized spacial score (nSPS) is 24.4. The third kappa shape index (κ3) is 27.7. The van der Waals surface area contributed by atoms with Crippen LogP contribution >= 0.6 is 0 Å². The van der Waals surface area contributed by atoms with Crippen molar-refractivity contribution >= 4 is 70.9 Å². The fourth-order valence-corrected chi connectivity index (χ4v) is 9.93. The van der Waals surface area contributed by atoms with Crippen LogP contribution in [0.25, 0.3) is 0 Å². The van der Waals surface area contributed by atoms with Crippen LogP contribution in [-0.2, 0) is 65.6 Å². The van der Waals surface area contributed by atoms with Crippen molar-refractivity contribution in [2.24, 2.45) is 57.1 Å². The number of unbranched alkanes of at least 4 members (excludes halogenated alkanes) is 1. The summed E-state index contributed by atoms with van der Waals surface area (Å²) in [6, 6.07) is 4.02. The fraction of sp³-hybridized carbons (Fsp3) is 0.587. The van der Waals surface area contributed by atoms with Gasteiger partial charge in [0, 0.05) is 38.9 Å². The molecule has 0 saturated carbocycles. The van der Waals surface area contributed by atoms with Gasteiger partial charge in [-0.2, -0.15) is 0 Å². The van der Waals surface area contributed by atoms with Gasteiger partial charge in [0.25, 0.3) is 0 Å². The van der Waals surface area contributed by atoms with Crippen molar-refractivity contribution in [3.05, 3.63) is 84.2 Å². The van der Waals surface area contributed by atoms with Gasteiger partial charge in [-0.25, -0.2) is 0 Å². The van der Waals surface area contributed by atoms with E-state index in [2.05, 4.69) is 70.1 Å². The first-order chi connectivity index (χ1) is 43.7. The van der Waals surface area contributed by atoms with E-state index in [9.17, 15) is 52.7 Å². The summed E-state index contributed by atoms with van der Waals surface area (Å²) in [5, 5.41) is 30.3. The van der Waals surface area contributed by atoms with Crippen LogP contribution in [0.5, 0.6) is 0 Å². The predicted octanol–water partition coefficient (Wildman–Crippen LogP) is -2.32. The van der Waals surface area contributed by atoms with Crippen molar-refractivity contribution in [2.45, 2.75) is 192 Å². The molecule has 1 aliphatic heterocycles. The molecule has 11 amide bonds. The maximum atomic E-state index is 14.9. The number of amides is 11. The van der Waals surface area contributed by atoms with Gasteiger partial charge in [-0.05, 0) is 93.2 Å². The zero-order valence-electron chi connectivity index (χ0n) is 54.1. The first-order valence-corrected chi connectivity index (χ1v) is 31.8. The Morgan fingerprint density at radius 3 is 1.43 bits per heavy atom. The topological polar surface area (TPSA) is 489 Å². The summed E-state index contributed by atoms with van der Waals surface area (Å²) in [7, 11) is 0. The van der Waals surface area contributed by atoms with Crippen molar-refractivity contribution in [3.63, 3.8) is 0 Å². The highest BCUT2D eigenvalue weighted by atomic mass is 16.2. The van der Waals surface area contributed by atoms with Crippen molar-refractivity contribution < 1.29 is 52.7 Å². The van der Waals surface area contributed by atoms with Crippen LogP contribution < -0.4 is 92.9 Å². The molecule has 2 aromatic rings. The van der Waals surface area contributed by atoms with Crippen LogP contribution in [-0.4, -0.2) is 158 Å². The molecule has 3 rings (SSSR count). The second-order valence-corrected chi connectivity index (χ2v) is 23.7. The standard InChI is InChI=1S/C63H102N18O11/c1-8-37(5)51-61(91)76-46(25-18-31-70-39(7)65)57(87)78-47(34-40-20-12-10-13-21-40)58(88)74-44(24-16-17-30-64)56(86)77-48(35-41-22-14-11-15-23-41)59(89)75-45(26-19-32-72-63(68)69)55(85)73-43(53(67)83)29-33-71-49(82)28-27-42(66)54(84)80-52(38(6)9-2)62(92)79-50(36(3)4)60(90)81-51/h10-15,20-23,36-38,42-48,50-52,70H,7-9,16-19,24-35,64-66H2,1-6H3,(H2,67,83)(H,71,82)(H,73,85)(H,74,88)(H,75,89)(H,76,91)(H,77,86)(H,78,87)(H,79,92)(H,80,84)(H,81,90)(H4,68,69,72)/t37-,38-,42-,43-,44-,45-,46-,47-,48-,50-,51-,52-/m0/s1. The average Bonchev–Trinajstić information content (AvgIpc) is 3.25. The number of hydrogen-bond donors (Lipinski definition) is 17. The highest BCUT2D eigenvalue weighted by Gasteiger charge is 2.38. The number of nitrogens with two attached hydrogens (primary N) is 6. The van der Waals surface area contributed by atoms with Gasteiger partial charge in [-0.1, -0.05) is 122 Å². The Morgan fingerprint density at radius 2 is 0.967 bits per heavy atom. The first kappa shape index (κ1) is 77.4. The molecule has 2 aromatic carbocycles. The van der Waals surface area contributed by atoms with Crippen LogP contribution in [0.15, 0.2) is 78.1 Å². The number of guanidine groups is 1. The molecular weight excluding hydrogens is 1180 g/mol. The molecule has 29 nitrogen and oxygen atoms in total. The summed E-state index contributed by atoms with van der Waals surface area (Å²) in [6.07, 6.45) is 0.868. The Balaban J connectivity index is 2.25. The highest BCUT2D eigenvalue weighted by Crippen LogP contribution is 2.16. The van der Waals surface area contributed by atoms with E-state index in [-0.39, 0.29) is 102 Å². The molecule has 1 saturated heterocycles. The Kier molecular flexibility index (Phi) is 34.3. The van der Waals surface area contributed by atoms with Gasteiger partial charge in [-0.3, -0.25) is 57.7 Å². The van der Waals surface area contributed by atoms with E-state index in [0.717, 1.165) is 0 Å². The second kappa shape index (κ2) is 40.8. The summed E-state index contributed by atoms with van der Waals surface area (Å²) < 4.78 is 0. The minimum absolute atomic E-state index is 0.00989. The maximum absolute atomic E-state index is 14.9. The summed E-state index contributed by atoms with van der Waals surface area (Å²) in [4.78, 5) is 161. The van der Waals surface area contributed by atoms with E-state index in [1.54, 1.807) is 102 Å². The quantitative estimate of drug-likeness (QED) is 0.0315. The number of nitrogens with zero attached hydrogens (tertiary/aromatic N) is 1. The lowest BCUT2D eigenvalue weighted by Gasteiger charge is -2.31. The molecule has 1 heterocycles. The summed E-state index contributed by atoms with van der Waals surface area (Å²) in [5.74, 6) is -10.4. The number of hydrogen-bond acceptors (Lipinski definition) is 16. The SMILES string of the molecule is C=C(N)NCCC[C@@H]1NC(=O)[C@H]([C@@H](C)CC)NC(=O)[C@H](C(C)C)NC(=O)[C@H]([C@@H](C)CC)NC(=O)[C@@H](N)CCC(=O)NCC[C@@H](C(N)=O)NC(=O)[C@H](CCCN=C(N)N)NC(=O)[C@H](Cc2ccccc2)NC(=O)[C@H](CCCCN)NC(=O)[C@H](Cc2ccccc2)NC1=O. The fourth-order valence-electron chi connectivity index (χ4n) is 9.93. The average molecular weight is 1290 g/mol. The van der Waals surface area contributed by atoms with E-state index >= 15 is 0 Å². The van der Waals surface area contributed by atoms with Gasteiger partial charge in [0.15, 0.2) is 5.96 Å². The van der Waals surface area contributed by atoms with E-state index in [4.69, 9.17) is 34.4 Å². The highest BCUT2D eigenvalue weighted by molar-refractivity contribution is 5.99. The molecule has 0 radical (unpaired) electrons. The molecule has 0 aliphatic carbocycles. The smallest absolute Gasteiger partial charge is 0.243 e. The monoisotopic (exact) mass is 1290 g/mol. The van der Waals surface area contributed by atoms with Gasteiger partial charge in [-0.15, -0.1) is 0 Å². The van der Waals surface area contributed by atoms with E-state index in [1.165, 1.54) is 0 Å². The van der Waals surface area contributed by atoms with Crippen molar-refractivity contribution in [1.29, 1.82) is 0 Å². The Morgan fingerprint density at radius 1 is 0.543 bits per heavy atom. The number of benzene rings is 2. The minimum atomic E-state index is -1.41. The molecule has 510 valence electrons. The molecule has 12 atom stereocenters. The molecule has 29 heteroatoms. The Hall–Kier alpha value is -8.86. The lowest BCUT2D eigenvalue weighted by Crippen LogP contribution is -2.62. The number of aliphatic imine (C=N–C) groups is 1. The number of nitrogens with one attached hydrogen (secondary N) is 11. The van der Waals surface area contributed by atoms with Crippen molar-refractivity contribution in [1.82, 2.24) is 58.5 Å². The van der Waals surface area contributed by atoms with E-state index in [0.29, 0.717) is 36.8 Å². The number of carbonyl (C=O) groups is 11. The van der Waals surface area contributed by atoms with Gasteiger partial charge in [0.1, 0.15) is 54.4 Å². The molecule has 0 unspecified atom stereocenters. The lowest BCUT2D eigenvalue weighted by molar-refractivity contribution is -0.137. The minimum Gasteiger partial charge on any atom is -0.386 e. The Bertz CT molecular complexity index is 2790. The number of rotatable bonds is 23. The molecule has 0 spiro atoms. The second-order valence-electron chi connectivity index (χ2n) is 23.7. The van der Waals surface area contributed by atoms with E-state index in [1.807, 2.05) is 0 Å². The number of primary amides is 1. The van der Waals surface area contributed by atoms with Crippen LogP contribution in [0, 0.1) is 17.8 Å². The molecule has 0 aromatic heterocycles. The van der Waals surface area contributed by atoms with Gasteiger partial charge >= 0.3 is 0 Å². The number of carbonyl (C=O) groups excluding carboxylic acids is 11. The zero-order chi connectivity index (χ0) is 68.5. The summed E-state index contributed by atoms with van der Waals surface area (Å²) in [5.41, 5.74) is 36.1. The third-order valence-electron chi connectivity index (χ3n) is 15.9. The van der Waals surface area contributed by atoms with Crippen molar-refractivity contribution in [3.8, 4) is 0 Å².